The van der Waals surface area contributed by atoms with Gasteiger partial charge in [-0.3, -0.25) is 9.59 Å². The maximum Gasteiger partial charge on any atom is 0.250 e. The molecule has 1 saturated heterocycles. The fourth-order valence-electron chi connectivity index (χ4n) is 4.89. The highest BCUT2D eigenvalue weighted by Crippen LogP contribution is 2.37. The summed E-state index contributed by atoms with van der Waals surface area (Å²) in [4.78, 5) is 30.8. The van der Waals surface area contributed by atoms with Gasteiger partial charge in [0, 0.05) is 17.6 Å². The fourth-order valence-corrected chi connectivity index (χ4v) is 5.09. The molecule has 1 aliphatic carbocycles. The van der Waals surface area contributed by atoms with Crippen LogP contribution in [-0.2, 0) is 16.1 Å². The number of ether oxygens (including phenoxy) is 2. The third-order valence-electron chi connectivity index (χ3n) is 6.57. The van der Waals surface area contributed by atoms with Crippen molar-refractivity contribution >= 4 is 23.4 Å². The van der Waals surface area contributed by atoms with E-state index in [0.29, 0.717) is 28.7 Å². The van der Waals surface area contributed by atoms with Crippen LogP contribution in [0.25, 0.3) is 0 Å². The Morgan fingerprint density at radius 1 is 1.03 bits per heavy atom. The number of benzene rings is 2. The molecule has 0 aromatic heterocycles. The second kappa shape index (κ2) is 10.5. The van der Waals surface area contributed by atoms with Crippen LogP contribution in [0.4, 0.5) is 0 Å². The number of hydrogen-bond acceptors (Lipinski definition) is 4. The van der Waals surface area contributed by atoms with Crippen LogP contribution in [0.15, 0.2) is 42.5 Å². The lowest BCUT2D eigenvalue weighted by Gasteiger charge is -2.44. The van der Waals surface area contributed by atoms with Crippen LogP contribution in [0.5, 0.6) is 11.5 Å². The predicted octanol–water partition coefficient (Wildman–Crippen LogP) is 4.99. The van der Waals surface area contributed by atoms with Gasteiger partial charge in [0.05, 0.1) is 13.7 Å². The van der Waals surface area contributed by atoms with Crippen molar-refractivity contribution in [2.45, 2.75) is 57.7 Å². The number of hydrogen-bond donors (Lipinski definition) is 0. The Balaban J connectivity index is 1.73. The lowest BCUT2D eigenvalue weighted by molar-refractivity contribution is -0.160. The maximum absolute atomic E-state index is 13.9. The van der Waals surface area contributed by atoms with Crippen molar-refractivity contribution in [2.24, 2.45) is 0 Å². The summed E-state index contributed by atoms with van der Waals surface area (Å²) in [7, 11) is 1.57. The van der Waals surface area contributed by atoms with Gasteiger partial charge in [0.15, 0.2) is 11.5 Å². The van der Waals surface area contributed by atoms with Crippen LogP contribution in [0.1, 0.15) is 56.2 Å². The largest absolute Gasteiger partial charge is 0.493 e. The zero-order valence-electron chi connectivity index (χ0n) is 19.3. The Bertz CT molecular complexity index is 1010. The average Bonchev–Trinajstić information content (AvgIpc) is 2.84. The molecular formula is C26H31ClN2O4. The lowest BCUT2D eigenvalue weighted by Crippen LogP contribution is -2.58. The number of halogens is 1. The first-order valence-corrected chi connectivity index (χ1v) is 12.0. The minimum atomic E-state index is -0.742. The van der Waals surface area contributed by atoms with Crippen molar-refractivity contribution in [2.75, 3.05) is 20.3 Å². The van der Waals surface area contributed by atoms with E-state index in [1.165, 1.54) is 6.42 Å². The lowest BCUT2D eigenvalue weighted by atomic mass is 9.91. The molecule has 2 aromatic rings. The number of amides is 2. The molecule has 2 aliphatic rings. The molecule has 2 fully saturated rings. The quantitative estimate of drug-likeness (QED) is 0.571. The van der Waals surface area contributed by atoms with Crippen LogP contribution in [0.2, 0.25) is 5.02 Å². The summed E-state index contributed by atoms with van der Waals surface area (Å²) in [6.45, 7) is 2.79. The molecule has 2 amide bonds. The molecule has 0 spiro atoms. The van der Waals surface area contributed by atoms with E-state index >= 15 is 0 Å². The number of piperazine rings is 1. The molecular weight excluding hydrogens is 440 g/mol. The van der Waals surface area contributed by atoms with E-state index in [2.05, 4.69) is 0 Å². The van der Waals surface area contributed by atoms with Gasteiger partial charge >= 0.3 is 0 Å². The first kappa shape index (κ1) is 23.4. The summed E-state index contributed by atoms with van der Waals surface area (Å²) in [6, 6.07) is 12.3. The number of rotatable bonds is 7. The standard InChI is InChI=1S/C26H31ClN2O4/c1-3-33-22-14-13-18(15-23(22)32-2)25-26(31)28(20-10-5-4-6-11-20)17-24(30)29(25)16-19-9-7-8-12-21(19)27/h7-9,12-15,20,25H,3-6,10-11,16-17H2,1-2H3/t25-/m0/s1. The molecule has 7 heteroatoms. The molecule has 4 rings (SSSR count). The van der Waals surface area contributed by atoms with E-state index in [4.69, 9.17) is 21.1 Å². The van der Waals surface area contributed by atoms with Crippen molar-refractivity contribution < 1.29 is 19.1 Å². The van der Waals surface area contributed by atoms with Crippen molar-refractivity contribution in [1.82, 2.24) is 9.80 Å². The Labute approximate surface area is 200 Å². The van der Waals surface area contributed by atoms with Gasteiger partial charge in [-0.15, -0.1) is 0 Å². The molecule has 176 valence electrons. The maximum atomic E-state index is 13.9. The highest BCUT2D eigenvalue weighted by Gasteiger charge is 2.43. The van der Waals surface area contributed by atoms with E-state index in [0.717, 1.165) is 31.2 Å². The SMILES string of the molecule is CCOc1ccc([C@H]2C(=O)N(C3CCCCC3)CC(=O)N2Cc2ccccc2Cl)cc1OC. The van der Waals surface area contributed by atoms with Crippen LogP contribution in [-0.4, -0.2) is 47.9 Å². The summed E-state index contributed by atoms with van der Waals surface area (Å²) < 4.78 is 11.2. The summed E-state index contributed by atoms with van der Waals surface area (Å²) in [5.74, 6) is 1.04. The average molecular weight is 471 g/mol. The molecule has 0 N–H and O–H groups in total. The Morgan fingerprint density at radius 2 is 1.79 bits per heavy atom. The highest BCUT2D eigenvalue weighted by atomic mass is 35.5. The summed E-state index contributed by atoms with van der Waals surface area (Å²) in [6.07, 6.45) is 5.26. The molecule has 1 aliphatic heterocycles. The third kappa shape index (κ3) is 4.96. The molecule has 0 bridgehead atoms. The summed E-state index contributed by atoms with van der Waals surface area (Å²) in [5, 5.41) is 0.579. The zero-order valence-corrected chi connectivity index (χ0v) is 20.0. The van der Waals surface area contributed by atoms with E-state index in [1.807, 2.05) is 43.3 Å². The number of methoxy groups -OCH3 is 1. The van der Waals surface area contributed by atoms with Gasteiger partial charge in [0.1, 0.15) is 12.6 Å². The van der Waals surface area contributed by atoms with Crippen molar-refractivity contribution in [3.05, 3.63) is 58.6 Å². The van der Waals surface area contributed by atoms with Gasteiger partial charge in [-0.25, -0.2) is 0 Å². The first-order valence-electron chi connectivity index (χ1n) is 11.7. The molecule has 1 saturated carbocycles. The Kier molecular flexibility index (Phi) is 7.43. The van der Waals surface area contributed by atoms with Gasteiger partial charge < -0.3 is 19.3 Å². The molecule has 6 nitrogen and oxygen atoms in total. The van der Waals surface area contributed by atoms with Crippen molar-refractivity contribution in [3.63, 3.8) is 0 Å². The van der Waals surface area contributed by atoms with E-state index < -0.39 is 6.04 Å². The smallest absolute Gasteiger partial charge is 0.250 e. The van der Waals surface area contributed by atoms with Crippen LogP contribution in [0, 0.1) is 0 Å². The van der Waals surface area contributed by atoms with Crippen LogP contribution >= 0.6 is 11.6 Å². The van der Waals surface area contributed by atoms with Crippen LogP contribution in [0.3, 0.4) is 0 Å². The molecule has 0 radical (unpaired) electrons. The van der Waals surface area contributed by atoms with Gasteiger partial charge in [0.2, 0.25) is 5.91 Å². The van der Waals surface area contributed by atoms with Gasteiger partial charge in [-0.05, 0) is 49.1 Å². The number of carbonyl (C=O) groups is 2. The third-order valence-corrected chi connectivity index (χ3v) is 6.94. The fraction of sp³-hybridized carbons (Fsp3) is 0.462. The predicted molar refractivity (Wildman–Crippen MR) is 127 cm³/mol. The summed E-state index contributed by atoms with van der Waals surface area (Å²) in [5.41, 5.74) is 1.52. The van der Waals surface area contributed by atoms with E-state index in [1.54, 1.807) is 23.0 Å². The van der Waals surface area contributed by atoms with E-state index in [9.17, 15) is 9.59 Å². The molecule has 1 heterocycles. The second-order valence-electron chi connectivity index (χ2n) is 8.62. The Morgan fingerprint density at radius 3 is 2.48 bits per heavy atom. The number of nitrogens with zero attached hydrogens (tertiary/aromatic N) is 2. The van der Waals surface area contributed by atoms with E-state index in [-0.39, 0.29) is 30.9 Å². The molecule has 1 atom stereocenters. The minimum Gasteiger partial charge on any atom is -0.493 e. The molecule has 0 unspecified atom stereocenters. The van der Waals surface area contributed by atoms with Crippen molar-refractivity contribution in [3.8, 4) is 11.5 Å². The second-order valence-corrected chi connectivity index (χ2v) is 9.02. The monoisotopic (exact) mass is 470 g/mol. The highest BCUT2D eigenvalue weighted by molar-refractivity contribution is 6.31. The normalized spacial score (nSPS) is 19.7. The molecule has 2 aromatic carbocycles. The first-order chi connectivity index (χ1) is 16.0. The van der Waals surface area contributed by atoms with Gasteiger partial charge in [-0.2, -0.15) is 0 Å². The molecule has 33 heavy (non-hydrogen) atoms. The topological polar surface area (TPSA) is 59.1 Å². The minimum absolute atomic E-state index is 0.0419. The van der Waals surface area contributed by atoms with Gasteiger partial charge in [-0.1, -0.05) is 55.1 Å². The summed E-state index contributed by atoms with van der Waals surface area (Å²) >= 11 is 6.41. The van der Waals surface area contributed by atoms with Crippen molar-refractivity contribution in [1.29, 1.82) is 0 Å². The Hall–Kier alpha value is -2.73. The number of carbonyl (C=O) groups excluding carboxylic acids is 2. The zero-order chi connectivity index (χ0) is 23.4. The van der Waals surface area contributed by atoms with Crippen LogP contribution < -0.4 is 9.47 Å². The van der Waals surface area contributed by atoms with Gasteiger partial charge in [0.25, 0.3) is 5.91 Å².